The number of amides is 1. The monoisotopic (exact) mass is 355 g/mol. The van der Waals surface area contributed by atoms with Crippen LogP contribution in [0.2, 0.25) is 0 Å². The minimum Gasteiger partial charge on any atom is -0.495 e. The number of hydrogen-bond acceptors (Lipinski definition) is 5. The average Bonchev–Trinajstić information content (AvgIpc) is 2.61. The Morgan fingerprint density at radius 1 is 1.28 bits per heavy atom. The van der Waals surface area contributed by atoms with Crippen molar-refractivity contribution in [2.24, 2.45) is 4.99 Å². The molecule has 0 unspecified atom stereocenters. The molecule has 1 aromatic carbocycles. The Bertz CT molecular complexity index is 822. The van der Waals surface area contributed by atoms with Crippen molar-refractivity contribution in [1.82, 2.24) is 10.3 Å². The summed E-state index contributed by atoms with van der Waals surface area (Å²) >= 11 is 1.59. The van der Waals surface area contributed by atoms with Gasteiger partial charge in [0.25, 0.3) is 0 Å². The first-order valence-corrected chi connectivity index (χ1v) is 9.09. The van der Waals surface area contributed by atoms with Crippen molar-refractivity contribution >= 4 is 22.8 Å². The zero-order valence-corrected chi connectivity index (χ0v) is 15.4. The van der Waals surface area contributed by atoms with Gasteiger partial charge < -0.3 is 10.1 Å². The van der Waals surface area contributed by atoms with E-state index in [1.165, 1.54) is 6.92 Å². The fourth-order valence-corrected chi connectivity index (χ4v) is 3.98. The highest BCUT2D eigenvalue weighted by atomic mass is 32.2. The average molecular weight is 355 g/mol. The second-order valence-electron chi connectivity index (χ2n) is 6.16. The van der Waals surface area contributed by atoms with Crippen molar-refractivity contribution in [2.45, 2.75) is 25.8 Å². The summed E-state index contributed by atoms with van der Waals surface area (Å²) in [6.07, 6.45) is 4.43. The zero-order chi connectivity index (χ0) is 17.9. The van der Waals surface area contributed by atoms with Crippen LogP contribution in [-0.4, -0.2) is 28.9 Å². The molecule has 2 aromatic rings. The topological polar surface area (TPSA) is 63.6 Å². The minimum atomic E-state index is -0.356. The van der Waals surface area contributed by atoms with Crippen LogP contribution in [0.1, 0.15) is 25.8 Å². The lowest BCUT2D eigenvalue weighted by Gasteiger charge is -2.31. The summed E-state index contributed by atoms with van der Waals surface area (Å²) in [5.74, 6) is 1.56. The predicted molar refractivity (Wildman–Crippen MR) is 102 cm³/mol. The van der Waals surface area contributed by atoms with Gasteiger partial charge in [-0.3, -0.25) is 14.8 Å². The number of amidine groups is 1. The molecule has 0 fully saturated rings. The van der Waals surface area contributed by atoms with Gasteiger partial charge in [0.05, 0.1) is 18.8 Å². The van der Waals surface area contributed by atoms with E-state index in [0.717, 1.165) is 34.6 Å². The normalized spacial score (nSPS) is 19.9. The fraction of sp³-hybridized carbons (Fsp3) is 0.316. The van der Waals surface area contributed by atoms with Crippen LogP contribution >= 0.6 is 11.8 Å². The van der Waals surface area contributed by atoms with Crippen LogP contribution in [0.15, 0.2) is 47.7 Å². The summed E-state index contributed by atoms with van der Waals surface area (Å²) < 4.78 is 5.27. The molecule has 3 rings (SSSR count). The van der Waals surface area contributed by atoms with Crippen molar-refractivity contribution in [3.63, 3.8) is 0 Å². The molecule has 1 aliphatic rings. The van der Waals surface area contributed by atoms with Crippen LogP contribution in [0, 0.1) is 0 Å². The molecule has 0 saturated carbocycles. The third-order valence-corrected chi connectivity index (χ3v) is 5.10. The van der Waals surface area contributed by atoms with Crippen molar-refractivity contribution < 1.29 is 9.53 Å². The third-order valence-electron chi connectivity index (χ3n) is 4.23. The first-order valence-electron chi connectivity index (χ1n) is 8.10. The van der Waals surface area contributed by atoms with Crippen LogP contribution in [0.5, 0.6) is 5.75 Å². The predicted octanol–water partition coefficient (Wildman–Crippen LogP) is 3.60. The van der Waals surface area contributed by atoms with Crippen molar-refractivity contribution in [1.29, 1.82) is 0 Å². The molecule has 1 N–H and O–H groups in total. The summed E-state index contributed by atoms with van der Waals surface area (Å²) in [7, 11) is 1.64. The Labute approximate surface area is 151 Å². The standard InChI is InChI=1S/C19H21N3O2S/c1-13(23)21-18-22-19(2,7-8-25-18)16-6-4-5-14(9-16)15-10-17(24-3)12-20-11-15/h4-6,9-12H,7-8H2,1-3H3,(H,21,22,23)/t19-/m0/s1. The first kappa shape index (κ1) is 17.5. The maximum atomic E-state index is 11.3. The van der Waals surface area contributed by atoms with Crippen LogP contribution in [0.3, 0.4) is 0 Å². The number of carbonyl (C=O) groups is 1. The Morgan fingerprint density at radius 2 is 2.12 bits per heavy atom. The van der Waals surface area contributed by atoms with E-state index in [1.54, 1.807) is 25.1 Å². The molecular weight excluding hydrogens is 334 g/mol. The highest BCUT2D eigenvalue weighted by Gasteiger charge is 2.30. The molecule has 0 aliphatic carbocycles. The van der Waals surface area contributed by atoms with Crippen LogP contribution in [0.4, 0.5) is 0 Å². The van der Waals surface area contributed by atoms with Gasteiger partial charge in [-0.25, -0.2) is 0 Å². The molecule has 0 spiro atoms. The molecule has 5 nitrogen and oxygen atoms in total. The highest BCUT2D eigenvalue weighted by molar-refractivity contribution is 8.13. The summed E-state index contributed by atoms with van der Waals surface area (Å²) in [5.41, 5.74) is 2.84. The molecule has 130 valence electrons. The number of hydrogen-bond donors (Lipinski definition) is 1. The lowest BCUT2D eigenvalue weighted by Crippen LogP contribution is -2.34. The van der Waals surface area contributed by atoms with Gasteiger partial charge in [-0.15, -0.1) is 0 Å². The Hall–Kier alpha value is -2.34. The molecule has 1 aromatic heterocycles. The molecular formula is C19H21N3O2S. The van der Waals surface area contributed by atoms with Gasteiger partial charge in [-0.1, -0.05) is 30.0 Å². The molecule has 0 saturated heterocycles. The van der Waals surface area contributed by atoms with E-state index in [9.17, 15) is 4.79 Å². The van der Waals surface area contributed by atoms with Crippen LogP contribution in [0.25, 0.3) is 11.1 Å². The van der Waals surface area contributed by atoms with Crippen LogP contribution in [-0.2, 0) is 10.3 Å². The number of aromatic nitrogens is 1. The van der Waals surface area contributed by atoms with E-state index >= 15 is 0 Å². The Balaban J connectivity index is 1.96. The summed E-state index contributed by atoms with van der Waals surface area (Å²) in [4.78, 5) is 20.4. The van der Waals surface area contributed by atoms with E-state index in [1.807, 2.05) is 18.3 Å². The number of aliphatic imine (C=N–C) groups is 1. The summed E-state index contributed by atoms with van der Waals surface area (Å²) in [6.45, 7) is 3.61. The van der Waals surface area contributed by atoms with Gasteiger partial charge in [0.1, 0.15) is 5.75 Å². The second-order valence-corrected chi connectivity index (χ2v) is 7.25. The SMILES string of the molecule is COc1cncc(-c2cccc([C@]3(C)CCSC(NC(C)=O)=N3)c2)c1. The number of thioether (sulfide) groups is 1. The lowest BCUT2D eigenvalue weighted by atomic mass is 9.88. The highest BCUT2D eigenvalue weighted by Crippen LogP contribution is 2.37. The van der Waals surface area contributed by atoms with Gasteiger partial charge in [0.2, 0.25) is 5.91 Å². The first-order chi connectivity index (χ1) is 12.0. The number of ether oxygens (including phenoxy) is 1. The van der Waals surface area contributed by atoms with Crippen LogP contribution < -0.4 is 10.1 Å². The molecule has 1 aliphatic heterocycles. The number of nitrogens with one attached hydrogen (secondary N) is 1. The molecule has 25 heavy (non-hydrogen) atoms. The minimum absolute atomic E-state index is 0.0910. The number of methoxy groups -OCH3 is 1. The fourth-order valence-electron chi connectivity index (χ4n) is 2.80. The molecule has 1 amide bonds. The quantitative estimate of drug-likeness (QED) is 0.914. The summed E-state index contributed by atoms with van der Waals surface area (Å²) in [5, 5.41) is 3.51. The smallest absolute Gasteiger partial charge is 0.222 e. The van der Waals surface area contributed by atoms with E-state index < -0.39 is 0 Å². The Kier molecular flexibility index (Phi) is 5.08. The van der Waals surface area contributed by atoms with Gasteiger partial charge in [0.15, 0.2) is 5.17 Å². The number of nitrogens with zero attached hydrogens (tertiary/aromatic N) is 2. The molecule has 6 heteroatoms. The molecule has 1 atom stereocenters. The van der Waals surface area contributed by atoms with Gasteiger partial charge >= 0.3 is 0 Å². The lowest BCUT2D eigenvalue weighted by molar-refractivity contribution is -0.117. The van der Waals surface area contributed by atoms with Gasteiger partial charge in [-0.05, 0) is 36.6 Å². The number of carbonyl (C=O) groups excluding carboxylic acids is 1. The number of pyridine rings is 1. The maximum absolute atomic E-state index is 11.3. The van der Waals surface area contributed by atoms with Gasteiger partial charge in [0, 0.05) is 24.4 Å². The van der Waals surface area contributed by atoms with E-state index in [2.05, 4.69) is 35.4 Å². The van der Waals surface area contributed by atoms with E-state index in [-0.39, 0.29) is 11.4 Å². The molecule has 2 heterocycles. The third kappa shape index (κ3) is 4.02. The zero-order valence-electron chi connectivity index (χ0n) is 14.6. The van der Waals surface area contributed by atoms with Crippen molar-refractivity contribution in [2.75, 3.05) is 12.9 Å². The molecule has 0 radical (unpaired) electrons. The summed E-state index contributed by atoms with van der Waals surface area (Å²) in [6, 6.07) is 10.3. The second kappa shape index (κ2) is 7.27. The van der Waals surface area contributed by atoms with Crippen molar-refractivity contribution in [3.05, 3.63) is 48.3 Å². The van der Waals surface area contributed by atoms with Crippen molar-refractivity contribution in [3.8, 4) is 16.9 Å². The largest absolute Gasteiger partial charge is 0.495 e. The Morgan fingerprint density at radius 3 is 2.88 bits per heavy atom. The van der Waals surface area contributed by atoms with Gasteiger partial charge in [-0.2, -0.15) is 0 Å². The molecule has 0 bridgehead atoms. The maximum Gasteiger partial charge on any atom is 0.222 e. The number of benzene rings is 1. The van der Waals surface area contributed by atoms with E-state index in [4.69, 9.17) is 9.73 Å². The number of rotatable bonds is 3. The van der Waals surface area contributed by atoms with E-state index in [0.29, 0.717) is 5.17 Å².